The van der Waals surface area contributed by atoms with Crippen LogP contribution in [0.2, 0.25) is 0 Å². The van der Waals surface area contributed by atoms with E-state index in [-0.39, 0.29) is 75.3 Å². The third kappa shape index (κ3) is 26.6. The van der Waals surface area contributed by atoms with Gasteiger partial charge in [-0.05, 0) is 92.3 Å². The number of aromatic nitrogens is 2. The van der Waals surface area contributed by atoms with Crippen molar-refractivity contribution in [3.8, 4) is 5.75 Å². The van der Waals surface area contributed by atoms with E-state index in [4.69, 9.17) is 17.2 Å². The molecule has 5 aromatic rings. The number of benzene rings is 3. The number of aromatic hydroxyl groups is 1. The normalized spacial score (nSPS) is 15.6. The van der Waals surface area contributed by atoms with Gasteiger partial charge in [-0.1, -0.05) is 62.4 Å². The highest BCUT2D eigenvalue weighted by atomic mass is 32.1. The lowest BCUT2D eigenvalue weighted by Gasteiger charge is -2.31. The van der Waals surface area contributed by atoms with Gasteiger partial charge in [0.15, 0.2) is 0 Å². The quantitative estimate of drug-likeness (QED) is 0.0169. The Morgan fingerprint density at radius 2 is 0.963 bits per heavy atom. The molecule has 109 heavy (non-hydrogen) atoms. The maximum Gasteiger partial charge on any atom is 0.303 e. The van der Waals surface area contributed by atoms with Crippen LogP contribution in [0.15, 0.2) is 85.2 Å². The number of likely N-dealkylation sites (tertiary alicyclic amines) is 1. The van der Waals surface area contributed by atoms with Crippen LogP contribution >= 0.6 is 25.3 Å². The Morgan fingerprint density at radius 3 is 1.46 bits per heavy atom. The number of aromatic amines is 2. The molecule has 3 heterocycles. The largest absolute Gasteiger partial charge is 0.508 e. The van der Waals surface area contributed by atoms with Crippen molar-refractivity contribution < 1.29 is 92.0 Å². The van der Waals surface area contributed by atoms with Crippen LogP contribution < -0.4 is 75.7 Å². The summed E-state index contributed by atoms with van der Waals surface area (Å²) in [4.78, 5) is 225. The average Bonchev–Trinajstić information content (AvgIpc) is 1.70. The molecule has 12 atom stereocenters. The Balaban J connectivity index is 1.27. The highest BCUT2D eigenvalue weighted by Gasteiger charge is 2.42. The molecule has 38 heteroatoms. The number of nitrogens with zero attached hydrogens (tertiary/aromatic N) is 1. The first-order chi connectivity index (χ1) is 51.7. The number of carboxylic acids is 1. The molecule has 0 aliphatic carbocycles. The number of para-hydroxylation sites is 2. The standard InChI is InChI=1S/C71H95N17O19S2/c1-35(2)15-20-46(62(98)79-48(22-24-59(95)96)63(99)84-51(29-57(73)93)61(97)77-32-58(74)94)80-66(102)50(27-39-30-75-44-12-7-5-10-42(39)44)83-65(101)49(26-38-16-18-41(91)19-17-38)82-68(104)54(34-109)86-69(105)55-14-9-25-88(55)71(107)52(28-40-31-76-45-13-8-6-11-43(40)45)85-70(106)60(36(3)89)87-64(100)47(21-23-56(72)92)81-67(103)53(33-108)78-37(4)90/h5-8,10-13,16-19,30-31,35-36,46-55,60,75-76,89,91,108-109H,9,14-15,20-29,32-34H2,1-4H3,(H2,72,92)(H2,73,93)(H2,74,94)(H,77,97)(H,78,90)(H,79,98)(H,80,102)(H,81,103)(H,82,104)(H,83,101)(H,84,99)(H,85,106)(H,86,105)(H,87,100)(H,95,96)/t36-,46+,47+,48+,49+,50+,51+,52+,53+,54+,55+,60+/m1/s1. The highest BCUT2D eigenvalue weighted by Crippen LogP contribution is 2.25. The van der Waals surface area contributed by atoms with E-state index in [9.17, 15) is 77.6 Å². The first-order valence-electron chi connectivity index (χ1n) is 35.1. The van der Waals surface area contributed by atoms with Crippen molar-refractivity contribution in [1.29, 1.82) is 0 Å². The maximum absolute atomic E-state index is 15.2. The number of phenolic OH excluding ortho intramolecular Hbond substituents is 1. The second kappa shape index (κ2) is 41.7. The fraction of sp³-hybridized carbons (Fsp3) is 0.465. The Hall–Kier alpha value is -11.3. The van der Waals surface area contributed by atoms with Crippen molar-refractivity contribution in [1.82, 2.24) is 73.4 Å². The summed E-state index contributed by atoms with van der Waals surface area (Å²) in [6, 6.07) is 2.29. The molecule has 0 spiro atoms. The van der Waals surface area contributed by atoms with Gasteiger partial charge in [-0.15, -0.1) is 0 Å². The van der Waals surface area contributed by atoms with Crippen LogP contribution in [0.25, 0.3) is 21.8 Å². The minimum absolute atomic E-state index is 0.0269. The number of fused-ring (bicyclic) bond motifs is 2. The van der Waals surface area contributed by atoms with Crippen molar-refractivity contribution in [3.63, 3.8) is 0 Å². The van der Waals surface area contributed by atoms with Gasteiger partial charge >= 0.3 is 5.97 Å². The molecule has 0 radical (unpaired) electrons. The number of aliphatic hydroxyl groups excluding tert-OH is 1. The summed E-state index contributed by atoms with van der Waals surface area (Å²) in [7, 11) is 0. The number of aliphatic carboxylic acids is 1. The van der Waals surface area contributed by atoms with Crippen LogP contribution in [-0.4, -0.2) is 222 Å². The molecular formula is C71H95N17O19S2. The van der Waals surface area contributed by atoms with E-state index in [2.05, 4.69) is 93.7 Å². The van der Waals surface area contributed by atoms with Crippen LogP contribution in [0.1, 0.15) is 102 Å². The Morgan fingerprint density at radius 1 is 0.505 bits per heavy atom. The number of phenols is 1. The van der Waals surface area contributed by atoms with Crippen molar-refractivity contribution >= 4 is 142 Å². The first kappa shape index (κ1) is 86.6. The molecule has 15 amide bonds. The molecule has 6 rings (SSSR count). The van der Waals surface area contributed by atoms with Crippen LogP contribution in [-0.2, 0) is 96.0 Å². The zero-order chi connectivity index (χ0) is 80.3. The number of amides is 15. The lowest BCUT2D eigenvalue weighted by Crippen LogP contribution is -2.62. The van der Waals surface area contributed by atoms with Gasteiger partial charge in [0.1, 0.15) is 72.2 Å². The van der Waals surface area contributed by atoms with Crippen molar-refractivity contribution in [2.75, 3.05) is 24.6 Å². The van der Waals surface area contributed by atoms with E-state index in [0.717, 1.165) is 6.92 Å². The second-order valence-electron chi connectivity index (χ2n) is 26.8. The Labute approximate surface area is 636 Å². The maximum atomic E-state index is 15.2. The van der Waals surface area contributed by atoms with Gasteiger partial charge in [0.2, 0.25) is 88.6 Å². The molecule has 1 fully saturated rings. The van der Waals surface area contributed by atoms with Gasteiger partial charge in [-0.25, -0.2) is 0 Å². The third-order valence-electron chi connectivity index (χ3n) is 17.8. The monoisotopic (exact) mass is 1550 g/mol. The van der Waals surface area contributed by atoms with Gasteiger partial charge in [0.25, 0.3) is 0 Å². The molecular weight excluding hydrogens is 1460 g/mol. The third-order valence-corrected chi connectivity index (χ3v) is 18.5. The fourth-order valence-corrected chi connectivity index (χ4v) is 12.6. The van der Waals surface area contributed by atoms with Crippen LogP contribution in [0.3, 0.4) is 0 Å². The molecule has 22 N–H and O–H groups in total. The smallest absolute Gasteiger partial charge is 0.303 e. The van der Waals surface area contributed by atoms with Crippen molar-refractivity contribution in [2.45, 2.75) is 177 Å². The molecule has 0 saturated carbocycles. The van der Waals surface area contributed by atoms with E-state index in [1.807, 2.05) is 13.8 Å². The number of hydrogen-bond acceptors (Lipinski definition) is 20. The minimum Gasteiger partial charge on any atom is -0.508 e. The summed E-state index contributed by atoms with van der Waals surface area (Å²) in [6.45, 7) is 5.19. The molecule has 2 aromatic heterocycles. The number of nitrogens with two attached hydrogens (primary N) is 3. The van der Waals surface area contributed by atoms with Gasteiger partial charge in [-0.3, -0.25) is 76.7 Å². The number of primary amides is 3. The Bertz CT molecular complexity index is 4130. The van der Waals surface area contributed by atoms with E-state index < -0.39 is 205 Å². The topological polar surface area (TPSA) is 579 Å². The summed E-state index contributed by atoms with van der Waals surface area (Å²) in [5.41, 5.74) is 18.5. The number of carbonyl (C=O) groups excluding carboxylic acids is 15. The van der Waals surface area contributed by atoms with Crippen LogP contribution in [0.4, 0.5) is 0 Å². The fourth-order valence-electron chi connectivity index (χ4n) is 12.1. The van der Waals surface area contributed by atoms with E-state index in [1.165, 1.54) is 36.1 Å². The molecule has 3 aromatic carbocycles. The van der Waals surface area contributed by atoms with E-state index in [1.54, 1.807) is 60.9 Å². The van der Waals surface area contributed by atoms with Gasteiger partial charge in [-0.2, -0.15) is 25.3 Å². The van der Waals surface area contributed by atoms with Crippen LogP contribution in [0.5, 0.6) is 5.75 Å². The van der Waals surface area contributed by atoms with Crippen LogP contribution in [0, 0.1) is 5.92 Å². The number of thiol groups is 2. The van der Waals surface area contributed by atoms with Crippen molar-refractivity contribution in [2.24, 2.45) is 23.1 Å². The van der Waals surface area contributed by atoms with E-state index in [0.29, 0.717) is 38.5 Å². The number of carboxylic acid groups (broad SMARTS) is 1. The summed E-state index contributed by atoms with van der Waals surface area (Å²) in [6.07, 6.45) is -1.82. The zero-order valence-corrected chi connectivity index (χ0v) is 62.1. The molecule has 0 bridgehead atoms. The van der Waals surface area contributed by atoms with Gasteiger partial charge in [0.05, 0.1) is 19.1 Å². The zero-order valence-electron chi connectivity index (χ0n) is 60.3. The summed E-state index contributed by atoms with van der Waals surface area (Å²) < 4.78 is 0. The molecule has 1 aliphatic heterocycles. The predicted octanol–water partition coefficient (Wildman–Crippen LogP) is -3.47. The first-order valence-corrected chi connectivity index (χ1v) is 36.4. The molecule has 1 saturated heterocycles. The summed E-state index contributed by atoms with van der Waals surface area (Å²) in [5.74, 6) is -16.7. The minimum atomic E-state index is -1.84. The molecule has 590 valence electrons. The lowest BCUT2D eigenvalue weighted by atomic mass is 9.99. The SMILES string of the molecule is CC(=O)N[C@@H](CS)C(=O)N[C@@H](CCC(N)=O)C(=O)N[C@H](C(=O)N[C@@H](Cc1c[nH]c2ccccc12)C(=O)N1CCC[C@H]1C(=O)N[C@@H](CS)C(=O)N[C@@H](Cc1ccc(O)cc1)C(=O)N[C@@H](Cc1c[nH]c2ccccc12)C(=O)N[C@@H](CCC(C)C)C(=O)N[C@@H](CCC(=O)O)C(=O)N[C@@H](CC(N)=O)C(=O)NCC(N)=O)[C@@H](C)O. The number of nitrogens with one attached hydrogen (secondary N) is 13. The number of rotatable bonds is 43. The number of hydrogen-bond donors (Lipinski definition) is 21. The predicted molar refractivity (Wildman–Crippen MR) is 400 cm³/mol. The summed E-state index contributed by atoms with van der Waals surface area (Å²) >= 11 is 8.52. The number of carbonyl (C=O) groups is 16. The Kier molecular flexibility index (Phi) is 33.2. The number of H-pyrrole nitrogens is 2. The average molecular weight is 1550 g/mol. The number of aliphatic hydroxyl groups is 1. The highest BCUT2D eigenvalue weighted by molar-refractivity contribution is 7.80. The summed E-state index contributed by atoms with van der Waals surface area (Å²) in [5, 5.41) is 59.7. The van der Waals surface area contributed by atoms with E-state index >= 15 is 14.4 Å². The molecule has 36 nitrogen and oxygen atoms in total. The van der Waals surface area contributed by atoms with Crippen molar-refractivity contribution in [3.05, 3.63) is 102 Å². The molecule has 0 unspecified atom stereocenters. The lowest BCUT2D eigenvalue weighted by molar-refractivity contribution is -0.143. The van der Waals surface area contributed by atoms with Gasteiger partial charge in [0, 0.05) is 91.3 Å². The molecule has 1 aliphatic rings. The van der Waals surface area contributed by atoms with Gasteiger partial charge < -0.3 is 106 Å². The second-order valence-corrected chi connectivity index (χ2v) is 27.5.